The first-order chi connectivity index (χ1) is 7.92. The van der Waals surface area contributed by atoms with Gasteiger partial charge in [-0.3, -0.25) is 0 Å². The van der Waals surface area contributed by atoms with Crippen molar-refractivity contribution in [3.63, 3.8) is 0 Å². The zero-order valence-electron chi connectivity index (χ0n) is 10.8. The maximum absolute atomic E-state index is 6.20. The zero-order valence-corrected chi connectivity index (χ0v) is 11.6. The lowest BCUT2D eigenvalue weighted by Gasteiger charge is -2.22. The lowest BCUT2D eigenvalue weighted by molar-refractivity contribution is 0.350. The highest BCUT2D eigenvalue weighted by Crippen LogP contribution is 2.62. The first kappa shape index (κ1) is 11.5. The predicted molar refractivity (Wildman–Crippen MR) is 68.1 cm³/mol. The fraction of sp³-hybridized carbons (Fsp3) is 0.846. The Balaban J connectivity index is 1.89. The maximum Gasteiger partial charge on any atom is 0.225 e. The molecule has 0 amide bonds. The number of aromatic nitrogens is 3. The summed E-state index contributed by atoms with van der Waals surface area (Å²) in [6.45, 7) is 7.53. The Morgan fingerprint density at radius 3 is 2.41 bits per heavy atom. The molecule has 2 aliphatic carbocycles. The van der Waals surface area contributed by atoms with Gasteiger partial charge in [-0.05, 0) is 48.6 Å². The molecule has 2 aliphatic rings. The molecule has 0 unspecified atom stereocenters. The minimum atomic E-state index is 0.0137. The van der Waals surface area contributed by atoms with Crippen molar-refractivity contribution in [1.29, 1.82) is 0 Å². The molecule has 0 bridgehead atoms. The van der Waals surface area contributed by atoms with E-state index in [0.29, 0.717) is 10.7 Å². The summed E-state index contributed by atoms with van der Waals surface area (Å²) in [5.74, 6) is 1.96. The van der Waals surface area contributed by atoms with E-state index in [1.807, 2.05) is 0 Å². The van der Waals surface area contributed by atoms with Crippen LogP contribution in [0.4, 0.5) is 0 Å². The SMILES string of the molecule is CC(C)(C)c1nnc(Cl)n1CC1(C2CC2)CC1. The van der Waals surface area contributed by atoms with Crippen molar-refractivity contribution in [1.82, 2.24) is 14.8 Å². The summed E-state index contributed by atoms with van der Waals surface area (Å²) in [5.41, 5.74) is 0.547. The predicted octanol–water partition coefficient (Wildman–Crippen LogP) is 3.42. The molecule has 1 aromatic heterocycles. The van der Waals surface area contributed by atoms with Crippen LogP contribution < -0.4 is 0 Å². The normalized spacial score (nSPS) is 22.8. The number of nitrogens with zero attached hydrogens (tertiary/aromatic N) is 3. The minimum absolute atomic E-state index is 0.0137. The van der Waals surface area contributed by atoms with E-state index in [-0.39, 0.29) is 5.41 Å². The molecule has 0 atom stereocenters. The van der Waals surface area contributed by atoms with Crippen LogP contribution in [-0.4, -0.2) is 14.8 Å². The highest BCUT2D eigenvalue weighted by atomic mass is 35.5. The molecule has 1 aromatic rings. The molecule has 0 radical (unpaired) electrons. The molecule has 1 heterocycles. The van der Waals surface area contributed by atoms with Crippen LogP contribution >= 0.6 is 11.6 Å². The smallest absolute Gasteiger partial charge is 0.225 e. The third-order valence-electron chi connectivity index (χ3n) is 4.19. The van der Waals surface area contributed by atoms with Crippen molar-refractivity contribution in [3.8, 4) is 0 Å². The van der Waals surface area contributed by atoms with Gasteiger partial charge in [0.1, 0.15) is 5.82 Å². The first-order valence-electron chi connectivity index (χ1n) is 6.52. The minimum Gasteiger partial charge on any atom is -0.301 e. The van der Waals surface area contributed by atoms with Crippen molar-refractivity contribution < 1.29 is 0 Å². The molecule has 94 valence electrons. The first-order valence-corrected chi connectivity index (χ1v) is 6.89. The summed E-state index contributed by atoms with van der Waals surface area (Å²) in [6.07, 6.45) is 5.53. The van der Waals surface area contributed by atoms with Gasteiger partial charge in [-0.15, -0.1) is 10.2 Å². The molecule has 17 heavy (non-hydrogen) atoms. The van der Waals surface area contributed by atoms with E-state index in [4.69, 9.17) is 11.6 Å². The lowest BCUT2D eigenvalue weighted by Crippen LogP contribution is -2.23. The average molecular weight is 254 g/mol. The van der Waals surface area contributed by atoms with E-state index in [1.165, 1.54) is 25.7 Å². The van der Waals surface area contributed by atoms with Crippen molar-refractivity contribution in [2.24, 2.45) is 11.3 Å². The monoisotopic (exact) mass is 253 g/mol. The van der Waals surface area contributed by atoms with Gasteiger partial charge in [-0.1, -0.05) is 20.8 Å². The second-order valence-electron chi connectivity index (χ2n) is 6.77. The Hall–Kier alpha value is -0.570. The van der Waals surface area contributed by atoms with Crippen molar-refractivity contribution >= 4 is 11.6 Å². The molecule has 0 aromatic carbocycles. The van der Waals surface area contributed by atoms with Crippen LogP contribution in [0.1, 0.15) is 52.3 Å². The third-order valence-corrected chi connectivity index (χ3v) is 4.46. The fourth-order valence-corrected chi connectivity index (χ4v) is 3.02. The molecule has 0 spiro atoms. The fourth-order valence-electron chi connectivity index (χ4n) is 2.85. The molecule has 4 heteroatoms. The van der Waals surface area contributed by atoms with Crippen LogP contribution in [0.15, 0.2) is 0 Å². The van der Waals surface area contributed by atoms with E-state index in [2.05, 4.69) is 35.5 Å². The van der Waals surface area contributed by atoms with Crippen LogP contribution in [0.25, 0.3) is 0 Å². The Morgan fingerprint density at radius 1 is 1.29 bits per heavy atom. The van der Waals surface area contributed by atoms with Gasteiger partial charge in [-0.25, -0.2) is 0 Å². The summed E-state index contributed by atoms with van der Waals surface area (Å²) in [4.78, 5) is 0. The number of halogens is 1. The maximum atomic E-state index is 6.20. The molecule has 0 N–H and O–H groups in total. The van der Waals surface area contributed by atoms with E-state index >= 15 is 0 Å². The molecule has 2 fully saturated rings. The molecular weight excluding hydrogens is 234 g/mol. The quantitative estimate of drug-likeness (QED) is 0.827. The number of hydrogen-bond acceptors (Lipinski definition) is 2. The Labute approximate surface area is 108 Å². The third kappa shape index (κ3) is 1.99. The van der Waals surface area contributed by atoms with Crippen LogP contribution in [0.5, 0.6) is 0 Å². The van der Waals surface area contributed by atoms with E-state index in [1.54, 1.807) is 0 Å². The molecule has 0 aliphatic heterocycles. The van der Waals surface area contributed by atoms with Crippen molar-refractivity contribution in [2.45, 2.75) is 58.4 Å². The topological polar surface area (TPSA) is 30.7 Å². The summed E-state index contributed by atoms with van der Waals surface area (Å²) < 4.78 is 2.15. The van der Waals surface area contributed by atoms with Gasteiger partial charge < -0.3 is 4.57 Å². The van der Waals surface area contributed by atoms with Crippen LogP contribution in [0.2, 0.25) is 5.28 Å². The Morgan fingerprint density at radius 2 is 1.94 bits per heavy atom. The van der Waals surface area contributed by atoms with Crippen LogP contribution in [0.3, 0.4) is 0 Å². The summed E-state index contributed by atoms with van der Waals surface area (Å²) >= 11 is 6.20. The standard InChI is InChI=1S/C13H20ClN3/c1-12(2,3)10-15-16-11(14)17(10)8-13(6-7-13)9-4-5-9/h9H,4-8H2,1-3H3. The Bertz CT molecular complexity index is 436. The van der Waals surface area contributed by atoms with E-state index in [0.717, 1.165) is 18.3 Å². The van der Waals surface area contributed by atoms with Gasteiger partial charge in [0, 0.05) is 12.0 Å². The summed E-state index contributed by atoms with van der Waals surface area (Å²) in [7, 11) is 0. The molecular formula is C13H20ClN3. The summed E-state index contributed by atoms with van der Waals surface area (Å²) in [6, 6.07) is 0. The van der Waals surface area contributed by atoms with Gasteiger partial charge in [0.05, 0.1) is 0 Å². The van der Waals surface area contributed by atoms with Gasteiger partial charge in [0.2, 0.25) is 5.28 Å². The molecule has 2 saturated carbocycles. The number of rotatable bonds is 3. The van der Waals surface area contributed by atoms with Gasteiger partial charge in [-0.2, -0.15) is 0 Å². The van der Waals surface area contributed by atoms with Gasteiger partial charge in [0.25, 0.3) is 0 Å². The largest absolute Gasteiger partial charge is 0.301 e. The lowest BCUT2D eigenvalue weighted by atomic mass is 9.94. The van der Waals surface area contributed by atoms with Gasteiger partial charge in [0.15, 0.2) is 0 Å². The van der Waals surface area contributed by atoms with Crippen LogP contribution in [-0.2, 0) is 12.0 Å². The van der Waals surface area contributed by atoms with E-state index in [9.17, 15) is 0 Å². The zero-order chi connectivity index (χ0) is 12.3. The highest BCUT2D eigenvalue weighted by Gasteiger charge is 2.54. The summed E-state index contributed by atoms with van der Waals surface area (Å²) in [5, 5.41) is 8.87. The second-order valence-corrected chi connectivity index (χ2v) is 7.10. The average Bonchev–Trinajstić information content (AvgIpc) is 3.08. The molecule has 0 saturated heterocycles. The van der Waals surface area contributed by atoms with Crippen molar-refractivity contribution in [2.75, 3.05) is 0 Å². The van der Waals surface area contributed by atoms with Gasteiger partial charge >= 0.3 is 0 Å². The Kier molecular flexibility index (Phi) is 2.35. The second kappa shape index (κ2) is 3.47. The highest BCUT2D eigenvalue weighted by molar-refractivity contribution is 6.28. The van der Waals surface area contributed by atoms with Crippen molar-refractivity contribution in [3.05, 3.63) is 11.1 Å². The molecule has 3 nitrogen and oxygen atoms in total. The van der Waals surface area contributed by atoms with Crippen LogP contribution in [0, 0.1) is 11.3 Å². The molecule has 3 rings (SSSR count). The number of hydrogen-bond donors (Lipinski definition) is 0. The van der Waals surface area contributed by atoms with E-state index < -0.39 is 0 Å².